The van der Waals surface area contributed by atoms with E-state index >= 15 is 0 Å². The Hall–Kier alpha value is -3.25. The normalized spacial score (nSPS) is 18.7. The van der Waals surface area contributed by atoms with E-state index in [1.165, 1.54) is 5.39 Å². The van der Waals surface area contributed by atoms with E-state index in [0.717, 1.165) is 66.1 Å². The monoisotopic (exact) mass is 426 g/mol. The van der Waals surface area contributed by atoms with Gasteiger partial charge in [-0.25, -0.2) is 4.98 Å². The molecule has 0 bridgehead atoms. The molecule has 1 fully saturated rings. The maximum atomic E-state index is 4.79. The number of hydrogen-bond acceptors (Lipinski definition) is 6. The minimum absolute atomic E-state index is 0.406. The van der Waals surface area contributed by atoms with Gasteiger partial charge in [0.05, 0.1) is 16.7 Å². The molecule has 5 rings (SSSR count). The quantitative estimate of drug-likeness (QED) is 0.464. The summed E-state index contributed by atoms with van der Waals surface area (Å²) in [5, 5.41) is 9.57. The van der Waals surface area contributed by atoms with Crippen molar-refractivity contribution in [2.45, 2.75) is 44.3 Å². The minimum atomic E-state index is 0.406. The van der Waals surface area contributed by atoms with Gasteiger partial charge < -0.3 is 15.5 Å². The number of hydrogen-bond donors (Lipinski definition) is 2. The molecule has 2 aromatic carbocycles. The number of nitrogens with zero attached hydrogens (tertiary/aromatic N) is 4. The molecule has 32 heavy (non-hydrogen) atoms. The summed E-state index contributed by atoms with van der Waals surface area (Å²) in [5.74, 6) is 1.68. The van der Waals surface area contributed by atoms with Crippen molar-refractivity contribution in [1.29, 1.82) is 0 Å². The van der Waals surface area contributed by atoms with Crippen molar-refractivity contribution < 1.29 is 0 Å². The van der Waals surface area contributed by atoms with Gasteiger partial charge in [-0.05, 0) is 49.9 Å². The van der Waals surface area contributed by atoms with Crippen molar-refractivity contribution in [2.75, 3.05) is 24.3 Å². The molecule has 0 unspecified atom stereocenters. The average molecular weight is 427 g/mol. The fourth-order valence-electron chi connectivity index (χ4n) is 4.55. The molecule has 1 saturated carbocycles. The van der Waals surface area contributed by atoms with E-state index in [2.05, 4.69) is 58.0 Å². The van der Waals surface area contributed by atoms with Gasteiger partial charge in [-0.3, -0.25) is 4.98 Å². The maximum absolute atomic E-state index is 4.79. The van der Waals surface area contributed by atoms with Gasteiger partial charge in [0.1, 0.15) is 5.82 Å². The van der Waals surface area contributed by atoms with Crippen molar-refractivity contribution in [3.05, 3.63) is 66.4 Å². The third kappa shape index (κ3) is 4.50. The van der Waals surface area contributed by atoms with Crippen LogP contribution in [0.15, 0.2) is 60.7 Å². The van der Waals surface area contributed by atoms with E-state index in [1.807, 2.05) is 32.3 Å². The number of aromatic nitrogens is 3. The van der Waals surface area contributed by atoms with E-state index in [1.54, 1.807) is 0 Å². The Bertz CT molecular complexity index is 1210. The van der Waals surface area contributed by atoms with Gasteiger partial charge in [0.25, 0.3) is 0 Å². The second-order valence-electron chi connectivity index (χ2n) is 8.85. The molecule has 0 atom stereocenters. The molecule has 0 spiro atoms. The van der Waals surface area contributed by atoms with E-state index in [9.17, 15) is 0 Å². The molecule has 0 radical (unpaired) electrons. The molecule has 164 valence electrons. The van der Waals surface area contributed by atoms with Crippen molar-refractivity contribution in [1.82, 2.24) is 20.3 Å². The van der Waals surface area contributed by atoms with Gasteiger partial charge >= 0.3 is 0 Å². The van der Waals surface area contributed by atoms with Crippen molar-refractivity contribution in [2.24, 2.45) is 0 Å². The highest BCUT2D eigenvalue weighted by molar-refractivity contribution is 5.90. The van der Waals surface area contributed by atoms with Gasteiger partial charge in [0.15, 0.2) is 0 Å². The summed E-state index contributed by atoms with van der Waals surface area (Å²) >= 11 is 0. The Labute approximate surface area is 189 Å². The summed E-state index contributed by atoms with van der Waals surface area (Å²) < 4.78 is 0. The number of pyridine rings is 1. The first-order valence-electron chi connectivity index (χ1n) is 11.4. The Morgan fingerprint density at radius 2 is 1.50 bits per heavy atom. The van der Waals surface area contributed by atoms with Crippen LogP contribution in [0.1, 0.15) is 31.4 Å². The van der Waals surface area contributed by atoms with Crippen LogP contribution < -0.4 is 15.5 Å². The van der Waals surface area contributed by atoms with Crippen LogP contribution >= 0.6 is 0 Å². The summed E-state index contributed by atoms with van der Waals surface area (Å²) in [7, 11) is 4.06. The third-order valence-electron chi connectivity index (χ3n) is 6.30. The van der Waals surface area contributed by atoms with Crippen molar-refractivity contribution in [3.63, 3.8) is 0 Å². The standard InChI is InChI=1S/C26H30N6/c1-32(2)25-22-8-4-6-10-24(22)30-26(31-25)29-20-15-13-19(14-16-20)27-17-21-12-11-18-7-3-5-9-23(18)28-21/h3-12,19-20,27H,13-17H2,1-2H3,(H,29,30,31)/t19-,20+. The van der Waals surface area contributed by atoms with Crippen LogP contribution in [-0.4, -0.2) is 41.1 Å². The summed E-state index contributed by atoms with van der Waals surface area (Å²) in [6, 6.07) is 21.7. The van der Waals surface area contributed by atoms with Gasteiger partial charge in [0.2, 0.25) is 5.95 Å². The van der Waals surface area contributed by atoms with Gasteiger partial charge in [-0.2, -0.15) is 4.98 Å². The number of benzene rings is 2. The highest BCUT2D eigenvalue weighted by Crippen LogP contribution is 2.26. The Morgan fingerprint density at radius 3 is 2.31 bits per heavy atom. The molecule has 0 saturated heterocycles. The molecule has 2 N–H and O–H groups in total. The molecule has 1 aliphatic rings. The van der Waals surface area contributed by atoms with Gasteiger partial charge in [-0.1, -0.05) is 36.4 Å². The number of anilines is 2. The fourth-order valence-corrected chi connectivity index (χ4v) is 4.55. The van der Waals surface area contributed by atoms with Crippen LogP contribution in [0.5, 0.6) is 0 Å². The molecule has 1 aliphatic carbocycles. The zero-order valence-corrected chi connectivity index (χ0v) is 18.8. The number of rotatable bonds is 6. The zero-order valence-electron chi connectivity index (χ0n) is 18.8. The highest BCUT2D eigenvalue weighted by atomic mass is 15.2. The van der Waals surface area contributed by atoms with Crippen LogP contribution in [0.3, 0.4) is 0 Å². The number of fused-ring (bicyclic) bond motifs is 2. The Kier molecular flexibility index (Phi) is 5.86. The van der Waals surface area contributed by atoms with Crippen molar-refractivity contribution in [3.8, 4) is 0 Å². The Morgan fingerprint density at radius 1 is 0.781 bits per heavy atom. The van der Waals surface area contributed by atoms with Crippen LogP contribution in [0.25, 0.3) is 21.8 Å². The average Bonchev–Trinajstić information content (AvgIpc) is 2.83. The molecule has 0 amide bonds. The molecule has 4 aromatic rings. The maximum Gasteiger partial charge on any atom is 0.225 e. The summed E-state index contributed by atoms with van der Waals surface area (Å²) in [6.45, 7) is 0.813. The number of nitrogens with one attached hydrogen (secondary N) is 2. The second-order valence-corrected chi connectivity index (χ2v) is 8.85. The lowest BCUT2D eigenvalue weighted by atomic mass is 9.91. The van der Waals surface area contributed by atoms with Crippen LogP contribution in [-0.2, 0) is 6.54 Å². The topological polar surface area (TPSA) is 66.0 Å². The van der Waals surface area contributed by atoms with Crippen LogP contribution in [0, 0.1) is 0 Å². The molecule has 6 heteroatoms. The minimum Gasteiger partial charge on any atom is -0.362 e. The SMILES string of the molecule is CN(C)c1nc(N[C@H]2CC[C@@H](NCc3ccc4ccccc4n3)CC2)nc2ccccc12. The largest absolute Gasteiger partial charge is 0.362 e. The first-order chi connectivity index (χ1) is 15.7. The molecule has 2 heterocycles. The van der Waals surface area contributed by atoms with Crippen LogP contribution in [0.2, 0.25) is 0 Å². The van der Waals surface area contributed by atoms with Gasteiger partial charge in [0, 0.05) is 43.5 Å². The van der Waals surface area contributed by atoms with E-state index in [-0.39, 0.29) is 0 Å². The smallest absolute Gasteiger partial charge is 0.225 e. The summed E-state index contributed by atoms with van der Waals surface area (Å²) in [6.07, 6.45) is 4.49. The lowest BCUT2D eigenvalue weighted by Gasteiger charge is -2.30. The lowest BCUT2D eigenvalue weighted by Crippen LogP contribution is -2.37. The molecular weight excluding hydrogens is 396 g/mol. The van der Waals surface area contributed by atoms with Crippen LogP contribution in [0.4, 0.5) is 11.8 Å². The first-order valence-corrected chi connectivity index (χ1v) is 11.4. The first kappa shape index (κ1) is 20.6. The van der Waals surface area contributed by atoms with E-state index < -0.39 is 0 Å². The predicted octanol–water partition coefficient (Wildman–Crippen LogP) is 4.76. The molecule has 6 nitrogen and oxygen atoms in total. The second kappa shape index (κ2) is 9.09. The Balaban J connectivity index is 1.18. The lowest BCUT2D eigenvalue weighted by molar-refractivity contribution is 0.351. The summed E-state index contributed by atoms with van der Waals surface area (Å²) in [5.41, 5.74) is 3.14. The van der Waals surface area contributed by atoms with E-state index in [0.29, 0.717) is 12.1 Å². The molecule has 2 aromatic heterocycles. The van der Waals surface area contributed by atoms with Crippen molar-refractivity contribution >= 4 is 33.6 Å². The fraction of sp³-hybridized carbons (Fsp3) is 0.346. The number of para-hydroxylation sites is 2. The van der Waals surface area contributed by atoms with Gasteiger partial charge in [-0.15, -0.1) is 0 Å². The molecule has 0 aliphatic heterocycles. The highest BCUT2D eigenvalue weighted by Gasteiger charge is 2.22. The third-order valence-corrected chi connectivity index (χ3v) is 6.30. The molecular formula is C26H30N6. The van der Waals surface area contributed by atoms with E-state index in [4.69, 9.17) is 15.0 Å². The predicted molar refractivity (Wildman–Crippen MR) is 132 cm³/mol. The summed E-state index contributed by atoms with van der Waals surface area (Å²) in [4.78, 5) is 16.4. The zero-order chi connectivity index (χ0) is 21.9.